The number of halogens is 1. The third kappa shape index (κ3) is 2.99. The predicted octanol–water partition coefficient (Wildman–Crippen LogP) is 3.34. The minimum Gasteiger partial charge on any atom is -0.361 e. The Bertz CT molecular complexity index is 622. The molecule has 0 spiro atoms. The van der Waals surface area contributed by atoms with E-state index in [1.165, 1.54) is 11.3 Å². The second kappa shape index (κ2) is 6.20. The molecule has 2 heterocycles. The van der Waals surface area contributed by atoms with Crippen molar-refractivity contribution < 1.29 is 0 Å². The van der Waals surface area contributed by atoms with E-state index in [0.29, 0.717) is 6.04 Å². The number of fused-ring (bicyclic) bond motifs is 1. The lowest BCUT2D eigenvalue weighted by atomic mass is 10.1. The van der Waals surface area contributed by atoms with Crippen molar-refractivity contribution >= 4 is 21.6 Å². The van der Waals surface area contributed by atoms with Crippen LogP contribution in [0.2, 0.25) is 0 Å². The van der Waals surface area contributed by atoms with Gasteiger partial charge in [0.05, 0.1) is 12.2 Å². The van der Waals surface area contributed by atoms with Crippen LogP contribution in [0.1, 0.15) is 31.3 Å². The van der Waals surface area contributed by atoms with Gasteiger partial charge >= 0.3 is 0 Å². The maximum Gasteiger partial charge on any atom is 0.128 e. The molecular weight excluding hydrogens is 328 g/mol. The Morgan fingerprint density at radius 2 is 2.24 bits per heavy atom. The number of rotatable bonds is 4. The summed E-state index contributed by atoms with van der Waals surface area (Å²) in [5, 5.41) is 3.45. The maximum absolute atomic E-state index is 4.43. The van der Waals surface area contributed by atoms with Crippen LogP contribution in [-0.4, -0.2) is 22.6 Å². The number of aromatic nitrogens is 2. The van der Waals surface area contributed by atoms with E-state index in [2.05, 4.69) is 73.9 Å². The molecule has 1 aliphatic rings. The van der Waals surface area contributed by atoms with Crippen molar-refractivity contribution in [1.29, 1.82) is 0 Å². The third-order valence-electron chi connectivity index (χ3n) is 4.07. The van der Waals surface area contributed by atoms with Crippen molar-refractivity contribution in [2.45, 2.75) is 33.0 Å². The van der Waals surface area contributed by atoms with E-state index in [0.717, 1.165) is 36.5 Å². The number of nitrogens with zero attached hydrogens (tertiary/aromatic N) is 3. The zero-order valence-corrected chi connectivity index (χ0v) is 14.1. The highest BCUT2D eigenvalue weighted by molar-refractivity contribution is 9.10. The first-order valence-corrected chi connectivity index (χ1v) is 8.26. The SMILES string of the molecule is CCNC(C)c1ccc(N2CCn3ccnc3C2)c(Br)c1. The van der Waals surface area contributed by atoms with E-state index >= 15 is 0 Å². The Balaban J connectivity index is 1.80. The predicted molar refractivity (Wildman–Crippen MR) is 89.5 cm³/mol. The third-order valence-corrected chi connectivity index (χ3v) is 4.70. The molecule has 1 atom stereocenters. The first-order valence-electron chi connectivity index (χ1n) is 7.47. The van der Waals surface area contributed by atoms with Crippen LogP contribution in [0.25, 0.3) is 0 Å². The minimum atomic E-state index is 0.376. The van der Waals surface area contributed by atoms with Crippen molar-refractivity contribution in [3.8, 4) is 0 Å². The summed E-state index contributed by atoms with van der Waals surface area (Å²) in [6.45, 7) is 8.20. The van der Waals surface area contributed by atoms with Gasteiger partial charge in [-0.1, -0.05) is 13.0 Å². The molecule has 0 fully saturated rings. The molecular formula is C16H21BrN4. The maximum atomic E-state index is 4.43. The molecule has 4 nitrogen and oxygen atoms in total. The molecule has 1 aliphatic heterocycles. The number of nitrogens with one attached hydrogen (secondary N) is 1. The normalized spacial score (nSPS) is 15.9. The zero-order valence-electron chi connectivity index (χ0n) is 12.5. The van der Waals surface area contributed by atoms with Gasteiger partial charge in [0.25, 0.3) is 0 Å². The van der Waals surface area contributed by atoms with E-state index in [1.807, 2.05) is 6.20 Å². The topological polar surface area (TPSA) is 33.1 Å². The quantitative estimate of drug-likeness (QED) is 0.919. The fourth-order valence-corrected chi connectivity index (χ4v) is 3.50. The Labute approximate surface area is 134 Å². The molecule has 1 aromatic carbocycles. The van der Waals surface area contributed by atoms with Gasteiger partial charge in [0.1, 0.15) is 5.82 Å². The molecule has 0 aliphatic carbocycles. The fraction of sp³-hybridized carbons (Fsp3) is 0.438. The lowest BCUT2D eigenvalue weighted by molar-refractivity contribution is 0.559. The first-order chi connectivity index (χ1) is 10.2. The average molecular weight is 349 g/mol. The largest absolute Gasteiger partial charge is 0.361 e. The van der Waals surface area contributed by atoms with E-state index < -0.39 is 0 Å². The molecule has 0 radical (unpaired) electrons. The molecule has 0 saturated heterocycles. The second-order valence-electron chi connectivity index (χ2n) is 5.45. The van der Waals surface area contributed by atoms with Crippen molar-refractivity contribution in [3.63, 3.8) is 0 Å². The van der Waals surface area contributed by atoms with Gasteiger partial charge in [0.2, 0.25) is 0 Å². The molecule has 1 aromatic heterocycles. The summed E-state index contributed by atoms with van der Waals surface area (Å²) in [7, 11) is 0. The summed E-state index contributed by atoms with van der Waals surface area (Å²) in [5.74, 6) is 1.14. The lowest BCUT2D eigenvalue weighted by Crippen LogP contribution is -2.33. The number of imidazole rings is 1. The summed E-state index contributed by atoms with van der Waals surface area (Å²) < 4.78 is 3.39. The fourth-order valence-electron chi connectivity index (χ4n) is 2.85. The minimum absolute atomic E-state index is 0.376. The first kappa shape index (κ1) is 14.6. The van der Waals surface area contributed by atoms with E-state index in [-0.39, 0.29) is 0 Å². The van der Waals surface area contributed by atoms with Crippen LogP contribution in [0.4, 0.5) is 5.69 Å². The second-order valence-corrected chi connectivity index (χ2v) is 6.30. The molecule has 21 heavy (non-hydrogen) atoms. The van der Waals surface area contributed by atoms with Gasteiger partial charge in [-0.05, 0) is 47.1 Å². The van der Waals surface area contributed by atoms with Crippen molar-refractivity contribution in [3.05, 3.63) is 46.5 Å². The van der Waals surface area contributed by atoms with Crippen LogP contribution in [0, 0.1) is 0 Å². The number of hydrogen-bond donors (Lipinski definition) is 1. The van der Waals surface area contributed by atoms with Gasteiger partial charge < -0.3 is 14.8 Å². The standard InChI is InChI=1S/C16H21BrN4/c1-3-18-12(2)13-4-5-15(14(17)10-13)21-9-8-20-7-6-19-16(20)11-21/h4-7,10,12,18H,3,8-9,11H2,1-2H3. The Morgan fingerprint density at radius 1 is 1.38 bits per heavy atom. The highest BCUT2D eigenvalue weighted by Crippen LogP contribution is 2.31. The van der Waals surface area contributed by atoms with Gasteiger partial charge in [-0.2, -0.15) is 0 Å². The van der Waals surface area contributed by atoms with Gasteiger partial charge in [0, 0.05) is 36.0 Å². The van der Waals surface area contributed by atoms with Crippen LogP contribution in [-0.2, 0) is 13.1 Å². The van der Waals surface area contributed by atoms with E-state index in [1.54, 1.807) is 0 Å². The molecule has 1 unspecified atom stereocenters. The van der Waals surface area contributed by atoms with Crippen molar-refractivity contribution in [2.75, 3.05) is 18.0 Å². The number of anilines is 1. The molecule has 112 valence electrons. The summed E-state index contributed by atoms with van der Waals surface area (Å²) in [4.78, 5) is 6.81. The van der Waals surface area contributed by atoms with Gasteiger partial charge in [-0.25, -0.2) is 4.98 Å². The smallest absolute Gasteiger partial charge is 0.128 e. The summed E-state index contributed by atoms with van der Waals surface area (Å²) in [6.07, 6.45) is 3.94. The summed E-state index contributed by atoms with van der Waals surface area (Å²) >= 11 is 3.74. The van der Waals surface area contributed by atoms with Gasteiger partial charge in [-0.15, -0.1) is 0 Å². The van der Waals surface area contributed by atoms with Crippen LogP contribution >= 0.6 is 15.9 Å². The van der Waals surface area contributed by atoms with Gasteiger partial charge in [-0.3, -0.25) is 0 Å². The highest BCUT2D eigenvalue weighted by atomic mass is 79.9. The molecule has 0 amide bonds. The molecule has 5 heteroatoms. The van der Waals surface area contributed by atoms with Crippen molar-refractivity contribution in [1.82, 2.24) is 14.9 Å². The van der Waals surface area contributed by atoms with Crippen LogP contribution in [0.5, 0.6) is 0 Å². The zero-order chi connectivity index (χ0) is 14.8. The number of benzene rings is 1. The molecule has 2 aromatic rings. The lowest BCUT2D eigenvalue weighted by Gasteiger charge is -2.30. The van der Waals surface area contributed by atoms with Crippen LogP contribution in [0.15, 0.2) is 35.1 Å². The monoisotopic (exact) mass is 348 g/mol. The van der Waals surface area contributed by atoms with Gasteiger partial charge in [0.15, 0.2) is 0 Å². The van der Waals surface area contributed by atoms with E-state index in [4.69, 9.17) is 0 Å². The Kier molecular flexibility index (Phi) is 4.31. The number of hydrogen-bond acceptors (Lipinski definition) is 3. The molecule has 0 bridgehead atoms. The Hall–Kier alpha value is -1.33. The summed E-state index contributed by atoms with van der Waals surface area (Å²) in [5.41, 5.74) is 2.56. The summed E-state index contributed by atoms with van der Waals surface area (Å²) in [6, 6.07) is 7.03. The average Bonchev–Trinajstić information content (AvgIpc) is 2.94. The molecule has 3 rings (SSSR count). The molecule has 0 saturated carbocycles. The van der Waals surface area contributed by atoms with Crippen LogP contribution < -0.4 is 10.2 Å². The van der Waals surface area contributed by atoms with E-state index in [9.17, 15) is 0 Å². The highest BCUT2D eigenvalue weighted by Gasteiger charge is 2.19. The van der Waals surface area contributed by atoms with Crippen LogP contribution in [0.3, 0.4) is 0 Å². The molecule has 1 N–H and O–H groups in total. The van der Waals surface area contributed by atoms with Crippen molar-refractivity contribution in [2.24, 2.45) is 0 Å². The Morgan fingerprint density at radius 3 is 3.00 bits per heavy atom.